The van der Waals surface area contributed by atoms with Crippen LogP contribution in [0.1, 0.15) is 6.92 Å². The summed E-state index contributed by atoms with van der Waals surface area (Å²) in [6, 6.07) is -0.349. The van der Waals surface area contributed by atoms with Crippen LogP contribution in [0.25, 0.3) is 0 Å². The van der Waals surface area contributed by atoms with Crippen molar-refractivity contribution < 1.29 is 4.79 Å². The van der Waals surface area contributed by atoms with Gasteiger partial charge < -0.3 is 10.6 Å². The summed E-state index contributed by atoms with van der Waals surface area (Å²) >= 11 is 0. The zero-order valence-electron chi connectivity index (χ0n) is 7.16. The van der Waals surface area contributed by atoms with Gasteiger partial charge in [-0.1, -0.05) is 21.6 Å². The van der Waals surface area contributed by atoms with Gasteiger partial charge in [-0.15, -0.1) is 0 Å². The van der Waals surface area contributed by atoms with Crippen LogP contribution in [0.15, 0.2) is 0 Å². The molecule has 0 aromatic heterocycles. The monoisotopic (exact) mass is 206 g/mol. The van der Waals surface area contributed by atoms with Crippen molar-refractivity contribution in [1.82, 2.24) is 4.90 Å². The molecule has 1 aliphatic heterocycles. The van der Waals surface area contributed by atoms with Crippen molar-refractivity contribution in [3.8, 4) is 0 Å². The third kappa shape index (κ3) is 2.88. The van der Waals surface area contributed by atoms with Crippen molar-refractivity contribution in [1.29, 1.82) is 0 Å². The average Bonchev–Trinajstić information content (AvgIpc) is 2.30. The molecule has 2 N–H and O–H groups in total. The molecule has 1 aliphatic rings. The van der Waals surface area contributed by atoms with Gasteiger partial charge in [0.05, 0.1) is 6.04 Å². The first kappa shape index (κ1) is 10.2. The second-order valence-electron chi connectivity index (χ2n) is 2.76. The van der Waals surface area contributed by atoms with Crippen LogP contribution in [0.4, 0.5) is 0 Å². The number of carbonyl (C=O) groups is 1. The van der Waals surface area contributed by atoms with Gasteiger partial charge in [-0.25, -0.2) is 0 Å². The first-order valence-corrected chi connectivity index (χ1v) is 6.49. The topological polar surface area (TPSA) is 46.3 Å². The molecule has 1 fully saturated rings. The number of carbonyl (C=O) groups excluding carboxylic acids is 1. The predicted octanol–water partition coefficient (Wildman–Crippen LogP) is 0.557. The molecule has 0 saturated carbocycles. The third-order valence-electron chi connectivity index (χ3n) is 1.67. The Morgan fingerprint density at radius 3 is 2.33 bits per heavy atom. The molecule has 0 unspecified atom stereocenters. The van der Waals surface area contributed by atoms with Gasteiger partial charge in [0, 0.05) is 24.6 Å². The lowest BCUT2D eigenvalue weighted by atomic mass is 10.3. The molecule has 1 rings (SSSR count). The van der Waals surface area contributed by atoms with E-state index in [0.717, 1.165) is 24.6 Å². The lowest BCUT2D eigenvalue weighted by Crippen LogP contribution is -2.43. The van der Waals surface area contributed by atoms with Crippen LogP contribution in [0, 0.1) is 0 Å². The van der Waals surface area contributed by atoms with Gasteiger partial charge >= 0.3 is 0 Å². The molecule has 0 radical (unpaired) electrons. The van der Waals surface area contributed by atoms with Crippen molar-refractivity contribution in [3.05, 3.63) is 0 Å². The van der Waals surface area contributed by atoms with E-state index >= 15 is 0 Å². The van der Waals surface area contributed by atoms with Gasteiger partial charge in [-0.3, -0.25) is 4.79 Å². The van der Waals surface area contributed by atoms with Gasteiger partial charge in [0.1, 0.15) is 0 Å². The van der Waals surface area contributed by atoms with E-state index in [1.165, 1.54) is 0 Å². The minimum Gasteiger partial charge on any atom is -0.340 e. The van der Waals surface area contributed by atoms with E-state index in [4.69, 9.17) is 5.73 Å². The molecule has 1 saturated heterocycles. The highest BCUT2D eigenvalue weighted by atomic mass is 33.1. The van der Waals surface area contributed by atoms with E-state index in [0.29, 0.717) is 0 Å². The van der Waals surface area contributed by atoms with Crippen molar-refractivity contribution in [2.45, 2.75) is 13.0 Å². The van der Waals surface area contributed by atoms with Crippen LogP contribution in [-0.2, 0) is 4.79 Å². The molecule has 3 nitrogen and oxygen atoms in total. The molecule has 12 heavy (non-hydrogen) atoms. The van der Waals surface area contributed by atoms with Crippen LogP contribution in [-0.4, -0.2) is 41.4 Å². The highest BCUT2D eigenvalue weighted by Gasteiger charge is 2.18. The van der Waals surface area contributed by atoms with E-state index in [2.05, 4.69) is 0 Å². The number of nitrogens with two attached hydrogens (primary N) is 1. The summed E-state index contributed by atoms with van der Waals surface area (Å²) in [7, 11) is 3.66. The molecule has 0 aromatic carbocycles. The number of nitrogens with zero attached hydrogens (tertiary/aromatic N) is 1. The first-order chi connectivity index (χ1) is 5.72. The summed E-state index contributed by atoms with van der Waals surface area (Å²) in [6.45, 7) is 3.43. The smallest absolute Gasteiger partial charge is 0.239 e. The second kappa shape index (κ2) is 4.99. The maximum Gasteiger partial charge on any atom is 0.239 e. The zero-order valence-corrected chi connectivity index (χ0v) is 8.79. The highest BCUT2D eigenvalue weighted by molar-refractivity contribution is 8.76. The first-order valence-electron chi connectivity index (χ1n) is 4.00. The van der Waals surface area contributed by atoms with Crippen LogP contribution in [0.3, 0.4) is 0 Å². The molecule has 1 amide bonds. The second-order valence-corrected chi connectivity index (χ2v) is 5.46. The molecular weight excluding hydrogens is 192 g/mol. The van der Waals surface area contributed by atoms with Gasteiger partial charge in [0.15, 0.2) is 0 Å². The number of rotatable bonds is 1. The summed E-state index contributed by atoms with van der Waals surface area (Å²) in [5, 5.41) is 0. The van der Waals surface area contributed by atoms with Gasteiger partial charge in [0.25, 0.3) is 0 Å². The summed E-state index contributed by atoms with van der Waals surface area (Å²) in [5.41, 5.74) is 5.51. The fourth-order valence-corrected chi connectivity index (χ4v) is 3.01. The maximum atomic E-state index is 11.4. The fourth-order valence-electron chi connectivity index (χ4n) is 1.03. The molecular formula is C7H14N2OS2. The maximum absolute atomic E-state index is 11.4. The molecule has 0 aliphatic carbocycles. The highest BCUT2D eigenvalue weighted by Crippen LogP contribution is 2.23. The van der Waals surface area contributed by atoms with Crippen molar-refractivity contribution in [3.63, 3.8) is 0 Å². The van der Waals surface area contributed by atoms with E-state index in [1.54, 1.807) is 6.92 Å². The predicted molar refractivity (Wildman–Crippen MR) is 55.1 cm³/mol. The molecule has 0 bridgehead atoms. The largest absolute Gasteiger partial charge is 0.340 e. The fraction of sp³-hybridized carbons (Fsp3) is 0.857. The van der Waals surface area contributed by atoms with Crippen molar-refractivity contribution in [2.75, 3.05) is 24.6 Å². The molecule has 0 aromatic rings. The number of hydrogen-bond donors (Lipinski definition) is 1. The summed E-state index contributed by atoms with van der Waals surface area (Å²) in [6.07, 6.45) is 0. The van der Waals surface area contributed by atoms with Crippen LogP contribution in [0.2, 0.25) is 0 Å². The Kier molecular flexibility index (Phi) is 4.25. The van der Waals surface area contributed by atoms with Crippen molar-refractivity contribution in [2.24, 2.45) is 5.73 Å². The normalized spacial score (nSPS) is 21.7. The van der Waals surface area contributed by atoms with Crippen LogP contribution in [0.5, 0.6) is 0 Å². The minimum atomic E-state index is -0.349. The van der Waals surface area contributed by atoms with Gasteiger partial charge in [-0.2, -0.15) is 0 Å². The summed E-state index contributed by atoms with van der Waals surface area (Å²) in [5.74, 6) is 2.12. The standard InChI is InChI=1S/C7H14N2OS2/c1-6(8)7(10)9-2-4-11-12-5-3-9/h6H,2-5,8H2,1H3/t6-/m0/s1. The van der Waals surface area contributed by atoms with E-state index in [-0.39, 0.29) is 11.9 Å². The number of amides is 1. The summed E-state index contributed by atoms with van der Waals surface area (Å²) in [4.78, 5) is 13.3. The summed E-state index contributed by atoms with van der Waals surface area (Å²) < 4.78 is 0. The van der Waals surface area contributed by atoms with E-state index in [9.17, 15) is 4.79 Å². The Hall–Kier alpha value is 0.130. The Morgan fingerprint density at radius 1 is 1.42 bits per heavy atom. The zero-order chi connectivity index (χ0) is 8.97. The Morgan fingerprint density at radius 2 is 1.92 bits per heavy atom. The number of hydrogen-bond acceptors (Lipinski definition) is 4. The molecule has 1 heterocycles. The van der Waals surface area contributed by atoms with E-state index in [1.807, 2.05) is 26.5 Å². The lowest BCUT2D eigenvalue weighted by Gasteiger charge is -2.21. The molecule has 5 heteroatoms. The average molecular weight is 206 g/mol. The van der Waals surface area contributed by atoms with Crippen LogP contribution < -0.4 is 5.73 Å². The quantitative estimate of drug-likeness (QED) is 0.637. The minimum absolute atomic E-state index is 0.0816. The SMILES string of the molecule is C[C@H](N)C(=O)N1CCSSCC1. The Labute approximate surface area is 80.8 Å². The van der Waals surface area contributed by atoms with Crippen molar-refractivity contribution >= 4 is 27.5 Å². The Bertz CT molecular complexity index is 155. The molecule has 70 valence electrons. The van der Waals surface area contributed by atoms with Crippen LogP contribution >= 0.6 is 21.6 Å². The lowest BCUT2D eigenvalue weighted by molar-refractivity contribution is -0.131. The van der Waals surface area contributed by atoms with Gasteiger partial charge in [0.2, 0.25) is 5.91 Å². The van der Waals surface area contributed by atoms with Gasteiger partial charge in [-0.05, 0) is 6.92 Å². The molecule has 0 spiro atoms. The third-order valence-corrected chi connectivity index (χ3v) is 4.04. The molecule has 1 atom stereocenters. The Balaban J connectivity index is 2.43. The van der Waals surface area contributed by atoms with E-state index < -0.39 is 0 Å².